The number of carbonyl (C=O) groups is 1. The first-order valence-electron chi connectivity index (χ1n) is 7.71. The van der Waals surface area contributed by atoms with Crippen LogP contribution in [0.2, 0.25) is 0 Å². The van der Waals surface area contributed by atoms with Crippen LogP contribution in [-0.4, -0.2) is 24.9 Å². The van der Waals surface area contributed by atoms with E-state index >= 15 is 0 Å². The normalized spacial score (nSPS) is 19.4. The molecule has 3 rings (SSSR count). The molecule has 0 N–H and O–H groups in total. The van der Waals surface area contributed by atoms with E-state index in [0.717, 1.165) is 16.7 Å². The zero-order valence-electron chi connectivity index (χ0n) is 13.4. The number of nitrogens with zero attached hydrogens (tertiary/aromatic N) is 1. The summed E-state index contributed by atoms with van der Waals surface area (Å²) in [5.74, 6) is -0.223. The van der Waals surface area contributed by atoms with Gasteiger partial charge in [-0.15, -0.1) is 0 Å². The second-order valence-corrected chi connectivity index (χ2v) is 6.07. The molecule has 1 heterocycles. The minimum Gasteiger partial charge on any atom is -0.361 e. The van der Waals surface area contributed by atoms with Gasteiger partial charge in [0.05, 0.1) is 6.61 Å². The van der Waals surface area contributed by atoms with Gasteiger partial charge in [-0.1, -0.05) is 36.4 Å². The Bertz CT molecular complexity index is 712. The SMILES string of the molecule is CN(C)C(=O)CCC1(c2ccc(F)cc2)OCc2ccccc21. The predicted octanol–water partition coefficient (Wildman–Crippen LogP) is 3.47. The van der Waals surface area contributed by atoms with E-state index in [0.29, 0.717) is 19.4 Å². The Morgan fingerprint density at radius 3 is 2.57 bits per heavy atom. The van der Waals surface area contributed by atoms with Crippen LogP contribution in [-0.2, 0) is 21.7 Å². The number of carbonyl (C=O) groups excluding carboxylic acids is 1. The lowest BCUT2D eigenvalue weighted by Gasteiger charge is -2.30. The van der Waals surface area contributed by atoms with E-state index in [4.69, 9.17) is 4.74 Å². The maximum Gasteiger partial charge on any atom is 0.222 e. The van der Waals surface area contributed by atoms with E-state index in [9.17, 15) is 9.18 Å². The molecule has 0 saturated carbocycles. The van der Waals surface area contributed by atoms with Crippen LogP contribution in [0.3, 0.4) is 0 Å². The van der Waals surface area contributed by atoms with Crippen LogP contribution in [0.25, 0.3) is 0 Å². The third-order valence-electron chi connectivity index (χ3n) is 4.43. The fraction of sp³-hybridized carbons (Fsp3) is 0.316. The number of amides is 1. The van der Waals surface area contributed by atoms with E-state index in [1.54, 1.807) is 31.1 Å². The van der Waals surface area contributed by atoms with Crippen molar-refractivity contribution in [2.75, 3.05) is 14.1 Å². The van der Waals surface area contributed by atoms with Crippen LogP contribution in [0.15, 0.2) is 48.5 Å². The lowest BCUT2D eigenvalue weighted by Crippen LogP contribution is -2.30. The average Bonchev–Trinajstić information content (AvgIpc) is 2.93. The number of hydrogen-bond acceptors (Lipinski definition) is 2. The molecule has 3 nitrogen and oxygen atoms in total. The molecule has 120 valence electrons. The van der Waals surface area contributed by atoms with Gasteiger partial charge in [0.1, 0.15) is 11.4 Å². The Kier molecular flexibility index (Phi) is 4.18. The van der Waals surface area contributed by atoms with Gasteiger partial charge in [-0.25, -0.2) is 4.39 Å². The number of fused-ring (bicyclic) bond motifs is 1. The smallest absolute Gasteiger partial charge is 0.222 e. The third-order valence-corrected chi connectivity index (χ3v) is 4.43. The van der Waals surface area contributed by atoms with Crippen LogP contribution >= 0.6 is 0 Å². The van der Waals surface area contributed by atoms with Crippen molar-refractivity contribution in [1.82, 2.24) is 4.90 Å². The van der Waals surface area contributed by atoms with Gasteiger partial charge in [0, 0.05) is 20.5 Å². The van der Waals surface area contributed by atoms with E-state index in [1.165, 1.54) is 12.1 Å². The van der Waals surface area contributed by atoms with Crippen molar-refractivity contribution in [3.8, 4) is 0 Å². The number of benzene rings is 2. The van der Waals surface area contributed by atoms with E-state index in [2.05, 4.69) is 0 Å². The second kappa shape index (κ2) is 6.13. The molecule has 1 unspecified atom stereocenters. The summed E-state index contributed by atoms with van der Waals surface area (Å²) in [5.41, 5.74) is 2.39. The summed E-state index contributed by atoms with van der Waals surface area (Å²) in [7, 11) is 3.49. The second-order valence-electron chi connectivity index (χ2n) is 6.07. The van der Waals surface area contributed by atoms with Crippen LogP contribution in [0.4, 0.5) is 4.39 Å². The van der Waals surface area contributed by atoms with Crippen molar-refractivity contribution in [3.05, 3.63) is 71.0 Å². The van der Waals surface area contributed by atoms with E-state index < -0.39 is 5.60 Å². The maximum absolute atomic E-state index is 13.3. The summed E-state index contributed by atoms with van der Waals surface area (Å²) in [6, 6.07) is 14.4. The van der Waals surface area contributed by atoms with Gasteiger partial charge in [0.15, 0.2) is 0 Å². The van der Waals surface area contributed by atoms with Crippen molar-refractivity contribution < 1.29 is 13.9 Å². The summed E-state index contributed by atoms with van der Waals surface area (Å²) in [4.78, 5) is 13.6. The Hall–Kier alpha value is -2.20. The monoisotopic (exact) mass is 313 g/mol. The highest BCUT2D eigenvalue weighted by molar-refractivity contribution is 5.75. The van der Waals surface area contributed by atoms with Gasteiger partial charge < -0.3 is 9.64 Å². The van der Waals surface area contributed by atoms with Crippen molar-refractivity contribution >= 4 is 5.91 Å². The van der Waals surface area contributed by atoms with Crippen molar-refractivity contribution in [2.24, 2.45) is 0 Å². The lowest BCUT2D eigenvalue weighted by atomic mass is 9.82. The molecule has 0 saturated heterocycles. The van der Waals surface area contributed by atoms with E-state index in [1.807, 2.05) is 24.3 Å². The topological polar surface area (TPSA) is 29.5 Å². The lowest BCUT2D eigenvalue weighted by molar-refractivity contribution is -0.130. The van der Waals surface area contributed by atoms with Gasteiger partial charge in [-0.05, 0) is 35.2 Å². The van der Waals surface area contributed by atoms with Crippen LogP contribution in [0, 0.1) is 5.82 Å². The Morgan fingerprint density at radius 1 is 1.17 bits per heavy atom. The number of rotatable bonds is 4. The van der Waals surface area contributed by atoms with Gasteiger partial charge in [0.2, 0.25) is 5.91 Å². The van der Waals surface area contributed by atoms with Crippen molar-refractivity contribution in [1.29, 1.82) is 0 Å². The molecule has 0 fully saturated rings. The fourth-order valence-corrected chi connectivity index (χ4v) is 3.13. The first kappa shape index (κ1) is 15.7. The number of halogens is 1. The predicted molar refractivity (Wildman–Crippen MR) is 86.3 cm³/mol. The summed E-state index contributed by atoms with van der Waals surface area (Å²) in [6.45, 7) is 0.504. The highest BCUT2D eigenvalue weighted by Crippen LogP contribution is 2.45. The molecule has 2 aromatic carbocycles. The maximum atomic E-state index is 13.3. The molecular weight excluding hydrogens is 293 g/mol. The molecule has 1 atom stereocenters. The van der Waals surface area contributed by atoms with E-state index in [-0.39, 0.29) is 11.7 Å². The molecule has 0 aromatic heterocycles. The molecule has 0 spiro atoms. The molecular formula is C19H20FNO2. The van der Waals surface area contributed by atoms with Crippen molar-refractivity contribution in [2.45, 2.75) is 25.0 Å². The molecule has 2 aromatic rings. The molecule has 0 bridgehead atoms. The summed E-state index contributed by atoms with van der Waals surface area (Å²) >= 11 is 0. The molecule has 1 aliphatic heterocycles. The molecule has 23 heavy (non-hydrogen) atoms. The van der Waals surface area contributed by atoms with Crippen LogP contribution in [0.5, 0.6) is 0 Å². The first-order valence-corrected chi connectivity index (χ1v) is 7.71. The largest absolute Gasteiger partial charge is 0.361 e. The molecule has 0 aliphatic carbocycles. The summed E-state index contributed by atoms with van der Waals surface area (Å²) in [5, 5.41) is 0. The summed E-state index contributed by atoms with van der Waals surface area (Å²) < 4.78 is 19.5. The number of ether oxygens (including phenoxy) is 1. The zero-order chi connectivity index (χ0) is 16.4. The first-order chi connectivity index (χ1) is 11.0. The Morgan fingerprint density at radius 2 is 1.87 bits per heavy atom. The standard InChI is InChI=1S/C19H20FNO2/c1-21(2)18(22)11-12-19(15-7-9-16(20)10-8-15)17-6-4-3-5-14(17)13-23-19/h3-10H,11-13H2,1-2H3. The number of hydrogen-bond donors (Lipinski definition) is 0. The van der Waals surface area contributed by atoms with Gasteiger partial charge >= 0.3 is 0 Å². The Labute approximate surface area is 135 Å². The quantitative estimate of drug-likeness (QED) is 0.865. The molecule has 1 aliphatic rings. The van der Waals surface area contributed by atoms with Gasteiger partial charge in [-0.3, -0.25) is 4.79 Å². The highest BCUT2D eigenvalue weighted by atomic mass is 19.1. The molecule has 4 heteroatoms. The summed E-state index contributed by atoms with van der Waals surface area (Å²) in [6.07, 6.45) is 0.908. The van der Waals surface area contributed by atoms with Crippen molar-refractivity contribution in [3.63, 3.8) is 0 Å². The minimum atomic E-state index is -0.685. The third kappa shape index (κ3) is 2.86. The van der Waals surface area contributed by atoms with Gasteiger partial charge in [0.25, 0.3) is 0 Å². The van der Waals surface area contributed by atoms with Crippen LogP contribution in [0.1, 0.15) is 29.5 Å². The molecule has 1 amide bonds. The Balaban J connectivity index is 2.01. The van der Waals surface area contributed by atoms with Crippen LogP contribution < -0.4 is 0 Å². The fourth-order valence-electron chi connectivity index (χ4n) is 3.13. The average molecular weight is 313 g/mol. The highest BCUT2D eigenvalue weighted by Gasteiger charge is 2.41. The minimum absolute atomic E-state index is 0.0551. The molecule has 0 radical (unpaired) electrons. The zero-order valence-corrected chi connectivity index (χ0v) is 13.4. The van der Waals surface area contributed by atoms with Gasteiger partial charge in [-0.2, -0.15) is 0 Å².